The Morgan fingerprint density at radius 1 is 1.32 bits per heavy atom. The van der Waals surface area contributed by atoms with E-state index in [1.807, 2.05) is 38.2 Å². The number of aryl methyl sites for hydroxylation is 2. The average Bonchev–Trinajstić information content (AvgIpc) is 2.66. The second-order valence-electron chi connectivity index (χ2n) is 5.34. The van der Waals surface area contributed by atoms with Gasteiger partial charge in [-0.3, -0.25) is 9.48 Å². The summed E-state index contributed by atoms with van der Waals surface area (Å²) in [6.07, 6.45) is 3.68. The van der Waals surface area contributed by atoms with Crippen LogP contribution in [-0.4, -0.2) is 15.6 Å². The van der Waals surface area contributed by atoms with Gasteiger partial charge >= 0.3 is 0 Å². The molecular weight excluding hydrogens is 236 g/mol. The molecule has 1 aliphatic carbocycles. The van der Waals surface area contributed by atoms with Gasteiger partial charge in [-0.2, -0.15) is 5.10 Å². The van der Waals surface area contributed by atoms with Gasteiger partial charge in [0.2, 0.25) is 5.78 Å². The molecule has 98 valence electrons. The van der Waals surface area contributed by atoms with Crippen LogP contribution in [0.3, 0.4) is 0 Å². The Labute approximate surface area is 113 Å². The van der Waals surface area contributed by atoms with Gasteiger partial charge in [-0.05, 0) is 37.3 Å². The smallest absolute Gasteiger partial charge is 0.211 e. The molecule has 0 radical (unpaired) electrons. The van der Waals surface area contributed by atoms with E-state index in [1.165, 1.54) is 24.8 Å². The third kappa shape index (κ3) is 2.09. The van der Waals surface area contributed by atoms with Crippen molar-refractivity contribution in [1.82, 2.24) is 9.78 Å². The first kappa shape index (κ1) is 12.2. The van der Waals surface area contributed by atoms with E-state index in [2.05, 4.69) is 11.2 Å². The van der Waals surface area contributed by atoms with Gasteiger partial charge in [0.25, 0.3) is 0 Å². The molecule has 0 N–H and O–H groups in total. The van der Waals surface area contributed by atoms with E-state index in [-0.39, 0.29) is 5.78 Å². The van der Waals surface area contributed by atoms with Crippen molar-refractivity contribution in [3.63, 3.8) is 0 Å². The highest BCUT2D eigenvalue weighted by Gasteiger charge is 2.25. The van der Waals surface area contributed by atoms with E-state index >= 15 is 0 Å². The lowest BCUT2D eigenvalue weighted by Crippen LogP contribution is -2.16. The predicted molar refractivity (Wildman–Crippen MR) is 74.4 cm³/mol. The summed E-state index contributed by atoms with van der Waals surface area (Å²) in [5.74, 6) is 0.653. The molecule has 1 aromatic heterocycles. The lowest BCUT2D eigenvalue weighted by atomic mass is 9.77. The van der Waals surface area contributed by atoms with Crippen molar-refractivity contribution in [3.8, 4) is 0 Å². The Hall–Kier alpha value is -1.90. The van der Waals surface area contributed by atoms with Crippen LogP contribution in [0.5, 0.6) is 0 Å². The molecule has 3 heteroatoms. The first-order valence-electron chi connectivity index (χ1n) is 6.81. The number of benzene rings is 1. The molecule has 0 amide bonds. The fraction of sp³-hybridized carbons (Fsp3) is 0.375. The topological polar surface area (TPSA) is 34.9 Å². The Balaban J connectivity index is 2.02. The molecule has 1 fully saturated rings. The van der Waals surface area contributed by atoms with E-state index in [0.717, 1.165) is 11.3 Å². The number of hydrogen-bond donors (Lipinski definition) is 0. The summed E-state index contributed by atoms with van der Waals surface area (Å²) in [5, 5.41) is 4.26. The minimum Gasteiger partial charge on any atom is -0.287 e. The highest BCUT2D eigenvalue weighted by atomic mass is 16.1. The van der Waals surface area contributed by atoms with Gasteiger partial charge in [-0.1, -0.05) is 30.7 Å². The number of rotatable bonds is 3. The third-order valence-electron chi connectivity index (χ3n) is 3.99. The van der Waals surface area contributed by atoms with Gasteiger partial charge in [-0.25, -0.2) is 0 Å². The molecule has 19 heavy (non-hydrogen) atoms. The number of carbonyl (C=O) groups excluding carboxylic acids is 1. The highest BCUT2D eigenvalue weighted by Crippen LogP contribution is 2.38. The number of hydrogen-bond acceptors (Lipinski definition) is 2. The van der Waals surface area contributed by atoms with E-state index in [1.54, 1.807) is 4.68 Å². The molecule has 0 spiro atoms. The van der Waals surface area contributed by atoms with Crippen LogP contribution in [0.15, 0.2) is 30.3 Å². The van der Waals surface area contributed by atoms with Crippen molar-refractivity contribution in [2.75, 3.05) is 0 Å². The average molecular weight is 254 g/mol. The van der Waals surface area contributed by atoms with E-state index in [0.29, 0.717) is 11.6 Å². The van der Waals surface area contributed by atoms with E-state index in [4.69, 9.17) is 0 Å². The standard InChI is InChI=1S/C16H18N2O/c1-11-10-15(18(2)17-11)16(19)14-9-4-3-8-13(14)12-6-5-7-12/h3-4,8-10,12H,5-7H2,1-2H3. The van der Waals surface area contributed by atoms with Crippen LogP contribution in [0.25, 0.3) is 0 Å². The second-order valence-corrected chi connectivity index (χ2v) is 5.34. The normalized spacial score (nSPS) is 15.3. The second kappa shape index (κ2) is 4.65. The van der Waals surface area contributed by atoms with Crippen molar-refractivity contribution >= 4 is 5.78 Å². The molecule has 1 heterocycles. The van der Waals surface area contributed by atoms with Crippen LogP contribution >= 0.6 is 0 Å². The summed E-state index contributed by atoms with van der Waals surface area (Å²) >= 11 is 0. The lowest BCUT2D eigenvalue weighted by Gasteiger charge is -2.27. The Morgan fingerprint density at radius 2 is 2.05 bits per heavy atom. The minimum absolute atomic E-state index is 0.0885. The first-order valence-corrected chi connectivity index (χ1v) is 6.81. The Morgan fingerprint density at radius 3 is 2.63 bits per heavy atom. The molecule has 3 rings (SSSR count). The third-order valence-corrected chi connectivity index (χ3v) is 3.99. The van der Waals surface area contributed by atoms with Crippen molar-refractivity contribution < 1.29 is 4.79 Å². The Kier molecular flexibility index (Phi) is 2.97. The minimum atomic E-state index is 0.0885. The number of nitrogens with zero attached hydrogens (tertiary/aromatic N) is 2. The van der Waals surface area contributed by atoms with Gasteiger partial charge in [-0.15, -0.1) is 0 Å². The van der Waals surface area contributed by atoms with Gasteiger partial charge in [0, 0.05) is 12.6 Å². The monoisotopic (exact) mass is 254 g/mol. The lowest BCUT2D eigenvalue weighted by molar-refractivity contribution is 0.102. The van der Waals surface area contributed by atoms with Gasteiger partial charge in [0.05, 0.1) is 5.69 Å². The van der Waals surface area contributed by atoms with E-state index in [9.17, 15) is 4.79 Å². The Bertz CT molecular complexity index is 623. The summed E-state index contributed by atoms with van der Waals surface area (Å²) in [5.41, 5.74) is 3.60. The van der Waals surface area contributed by atoms with Gasteiger partial charge < -0.3 is 0 Å². The SMILES string of the molecule is Cc1cc(C(=O)c2ccccc2C2CCC2)n(C)n1. The van der Waals surface area contributed by atoms with Crippen molar-refractivity contribution in [2.45, 2.75) is 32.1 Å². The first-order chi connectivity index (χ1) is 9.16. The molecule has 0 atom stereocenters. The van der Waals surface area contributed by atoms with Gasteiger partial charge in [0.1, 0.15) is 5.69 Å². The summed E-state index contributed by atoms with van der Waals surface area (Å²) in [4.78, 5) is 12.7. The maximum absolute atomic E-state index is 12.7. The molecule has 0 unspecified atom stereocenters. The van der Waals surface area contributed by atoms with Crippen LogP contribution in [0, 0.1) is 6.92 Å². The van der Waals surface area contributed by atoms with Crippen molar-refractivity contribution in [3.05, 3.63) is 52.8 Å². The predicted octanol–water partition coefficient (Wildman–Crippen LogP) is 3.23. The molecular formula is C16H18N2O. The summed E-state index contributed by atoms with van der Waals surface area (Å²) in [6.45, 7) is 1.91. The molecule has 0 saturated heterocycles. The van der Waals surface area contributed by atoms with Crippen LogP contribution in [-0.2, 0) is 7.05 Å². The van der Waals surface area contributed by atoms with E-state index < -0.39 is 0 Å². The molecule has 1 saturated carbocycles. The summed E-state index contributed by atoms with van der Waals surface area (Å²) < 4.78 is 1.68. The summed E-state index contributed by atoms with van der Waals surface area (Å²) in [6, 6.07) is 9.87. The van der Waals surface area contributed by atoms with Gasteiger partial charge in [0.15, 0.2) is 0 Å². The molecule has 1 aromatic carbocycles. The van der Waals surface area contributed by atoms with Crippen LogP contribution < -0.4 is 0 Å². The molecule has 0 aliphatic heterocycles. The maximum Gasteiger partial charge on any atom is 0.211 e. The number of ketones is 1. The zero-order chi connectivity index (χ0) is 13.4. The van der Waals surface area contributed by atoms with Crippen LogP contribution in [0.2, 0.25) is 0 Å². The fourth-order valence-corrected chi connectivity index (χ4v) is 2.74. The molecule has 2 aromatic rings. The fourth-order valence-electron chi connectivity index (χ4n) is 2.74. The quantitative estimate of drug-likeness (QED) is 0.788. The number of carbonyl (C=O) groups is 1. The molecule has 0 bridgehead atoms. The van der Waals surface area contributed by atoms with Crippen LogP contribution in [0.4, 0.5) is 0 Å². The zero-order valence-electron chi connectivity index (χ0n) is 11.4. The summed E-state index contributed by atoms with van der Waals surface area (Å²) in [7, 11) is 1.83. The van der Waals surface area contributed by atoms with Crippen LogP contribution in [0.1, 0.15) is 52.5 Å². The molecule has 1 aliphatic rings. The maximum atomic E-state index is 12.7. The molecule has 3 nitrogen and oxygen atoms in total. The van der Waals surface area contributed by atoms with Crippen molar-refractivity contribution in [1.29, 1.82) is 0 Å². The highest BCUT2D eigenvalue weighted by molar-refractivity contribution is 6.09. The zero-order valence-corrected chi connectivity index (χ0v) is 11.4. The largest absolute Gasteiger partial charge is 0.287 e. The van der Waals surface area contributed by atoms with Crippen molar-refractivity contribution in [2.24, 2.45) is 7.05 Å². The number of aromatic nitrogens is 2.